The van der Waals surface area contributed by atoms with Crippen LogP contribution in [0.4, 0.5) is 13.2 Å². The lowest BCUT2D eigenvalue weighted by molar-refractivity contribution is -0.138. The van der Waals surface area contributed by atoms with Crippen LogP contribution in [0.2, 0.25) is 0 Å². The topological polar surface area (TPSA) is 39.2 Å². The molecule has 0 aliphatic carbocycles. The zero-order valence-electron chi connectivity index (χ0n) is 10.2. The molecule has 0 aliphatic heterocycles. The number of halogens is 3. The fourth-order valence-corrected chi connectivity index (χ4v) is 1.99. The van der Waals surface area contributed by atoms with Gasteiger partial charge >= 0.3 is 6.18 Å². The van der Waals surface area contributed by atoms with Crippen molar-refractivity contribution in [2.75, 3.05) is 0 Å². The molecule has 0 bridgehead atoms. The molecule has 0 aliphatic rings. The molecule has 2 aromatic rings. The van der Waals surface area contributed by atoms with Crippen molar-refractivity contribution in [2.45, 2.75) is 25.1 Å². The number of hydrogen-bond donors (Lipinski definition) is 1. The molecule has 5 heteroatoms. The average molecular weight is 269 g/mol. The van der Waals surface area contributed by atoms with Crippen molar-refractivity contribution in [2.24, 2.45) is 5.73 Å². The second-order valence-corrected chi connectivity index (χ2v) is 4.31. The predicted molar refractivity (Wildman–Crippen MR) is 65.4 cm³/mol. The largest absolute Gasteiger partial charge is 0.469 e. The van der Waals surface area contributed by atoms with Crippen LogP contribution < -0.4 is 5.73 Å². The fraction of sp³-hybridized carbons (Fsp3) is 0.286. The summed E-state index contributed by atoms with van der Waals surface area (Å²) in [7, 11) is 0. The Balaban J connectivity index is 2.12. The zero-order valence-corrected chi connectivity index (χ0v) is 10.2. The molecule has 0 spiro atoms. The number of alkyl halides is 3. The van der Waals surface area contributed by atoms with E-state index in [1.54, 1.807) is 18.2 Å². The molecule has 102 valence electrons. The number of rotatable bonds is 4. The van der Waals surface area contributed by atoms with Crippen LogP contribution in [0.25, 0.3) is 0 Å². The molecule has 0 saturated heterocycles. The maximum Gasteiger partial charge on any atom is 0.416 e. The van der Waals surface area contributed by atoms with Crippen LogP contribution in [0.15, 0.2) is 47.1 Å². The lowest BCUT2D eigenvalue weighted by atomic mass is 9.97. The Morgan fingerprint density at radius 1 is 1.11 bits per heavy atom. The van der Waals surface area contributed by atoms with Gasteiger partial charge in [0.2, 0.25) is 0 Å². The van der Waals surface area contributed by atoms with Gasteiger partial charge in [-0.15, -0.1) is 0 Å². The average Bonchev–Trinajstić information content (AvgIpc) is 2.88. The van der Waals surface area contributed by atoms with E-state index in [-0.39, 0.29) is 5.56 Å². The Kier molecular flexibility index (Phi) is 3.95. The summed E-state index contributed by atoms with van der Waals surface area (Å²) in [6.07, 6.45) is -1.93. The van der Waals surface area contributed by atoms with E-state index in [0.717, 1.165) is 11.8 Å². The van der Waals surface area contributed by atoms with Crippen molar-refractivity contribution in [1.82, 2.24) is 0 Å². The second kappa shape index (κ2) is 5.48. The van der Waals surface area contributed by atoms with E-state index < -0.39 is 17.8 Å². The molecule has 0 amide bonds. The van der Waals surface area contributed by atoms with Crippen molar-refractivity contribution in [1.29, 1.82) is 0 Å². The van der Waals surface area contributed by atoms with E-state index in [1.165, 1.54) is 18.4 Å². The summed E-state index contributed by atoms with van der Waals surface area (Å²) in [4.78, 5) is 0. The van der Waals surface area contributed by atoms with Crippen LogP contribution in [-0.4, -0.2) is 0 Å². The second-order valence-electron chi connectivity index (χ2n) is 4.31. The summed E-state index contributed by atoms with van der Waals surface area (Å²) >= 11 is 0. The Hall–Kier alpha value is -1.75. The molecule has 0 fully saturated rings. The monoisotopic (exact) mass is 269 g/mol. The van der Waals surface area contributed by atoms with Crippen molar-refractivity contribution in [3.05, 3.63) is 59.5 Å². The van der Waals surface area contributed by atoms with E-state index >= 15 is 0 Å². The first-order valence-electron chi connectivity index (χ1n) is 5.92. The van der Waals surface area contributed by atoms with Crippen molar-refractivity contribution >= 4 is 0 Å². The molecule has 1 heterocycles. The Morgan fingerprint density at radius 2 is 1.84 bits per heavy atom. The van der Waals surface area contributed by atoms with Gasteiger partial charge in [0.1, 0.15) is 5.76 Å². The quantitative estimate of drug-likeness (QED) is 0.913. The third-order valence-corrected chi connectivity index (χ3v) is 2.95. The molecule has 1 aromatic carbocycles. The molecule has 1 atom stereocenters. The number of aryl methyl sites for hydroxylation is 1. The Bertz CT molecular complexity index is 520. The van der Waals surface area contributed by atoms with Gasteiger partial charge in [-0.2, -0.15) is 13.2 Å². The lowest BCUT2D eigenvalue weighted by Crippen LogP contribution is -2.18. The summed E-state index contributed by atoms with van der Waals surface area (Å²) in [5.74, 6) is 0.722. The molecule has 1 unspecified atom stereocenters. The highest BCUT2D eigenvalue weighted by Crippen LogP contribution is 2.34. The third-order valence-electron chi connectivity index (χ3n) is 2.95. The number of hydrogen-bond acceptors (Lipinski definition) is 2. The summed E-state index contributed by atoms with van der Waals surface area (Å²) in [6, 6.07) is 8.27. The van der Waals surface area contributed by atoms with Gasteiger partial charge in [-0.1, -0.05) is 18.2 Å². The van der Waals surface area contributed by atoms with Gasteiger partial charge in [-0.3, -0.25) is 0 Å². The van der Waals surface area contributed by atoms with E-state index in [1.807, 2.05) is 0 Å². The molecule has 0 saturated carbocycles. The van der Waals surface area contributed by atoms with Gasteiger partial charge in [0.15, 0.2) is 0 Å². The van der Waals surface area contributed by atoms with Crippen LogP contribution in [-0.2, 0) is 12.6 Å². The normalized spacial score (nSPS) is 13.5. The molecule has 2 N–H and O–H groups in total. The first kappa shape index (κ1) is 13.7. The SMILES string of the molecule is NC(CCc1ccco1)c1ccccc1C(F)(F)F. The predicted octanol–water partition coefficient (Wildman–Crippen LogP) is 3.93. The molecule has 0 radical (unpaired) electrons. The molecule has 2 rings (SSSR count). The standard InChI is InChI=1S/C14H14F3NO/c15-14(16,17)12-6-2-1-5-11(12)13(18)8-7-10-4-3-9-19-10/h1-6,9,13H,7-8,18H2. The summed E-state index contributed by atoms with van der Waals surface area (Å²) < 4.78 is 43.7. The van der Waals surface area contributed by atoms with Crippen molar-refractivity contribution < 1.29 is 17.6 Å². The minimum atomic E-state index is -4.38. The van der Waals surface area contributed by atoms with Crippen LogP contribution >= 0.6 is 0 Å². The van der Waals surface area contributed by atoms with Crippen molar-refractivity contribution in [3.63, 3.8) is 0 Å². The van der Waals surface area contributed by atoms with Gasteiger partial charge in [-0.05, 0) is 30.2 Å². The van der Waals surface area contributed by atoms with Gasteiger partial charge < -0.3 is 10.2 Å². The molecule has 19 heavy (non-hydrogen) atoms. The first-order chi connectivity index (χ1) is 8.98. The van der Waals surface area contributed by atoms with Crippen molar-refractivity contribution in [3.8, 4) is 0 Å². The van der Waals surface area contributed by atoms with Gasteiger partial charge in [-0.25, -0.2) is 0 Å². The minimum absolute atomic E-state index is 0.126. The molecular formula is C14H14F3NO. The van der Waals surface area contributed by atoms with Crippen LogP contribution in [0.3, 0.4) is 0 Å². The molecular weight excluding hydrogens is 255 g/mol. The maximum absolute atomic E-state index is 12.8. The summed E-state index contributed by atoms with van der Waals surface area (Å²) in [5, 5.41) is 0. The highest BCUT2D eigenvalue weighted by molar-refractivity contribution is 5.32. The highest BCUT2D eigenvalue weighted by Gasteiger charge is 2.34. The summed E-state index contributed by atoms with van der Waals surface area (Å²) in [5.41, 5.74) is 5.33. The molecule has 1 aromatic heterocycles. The lowest BCUT2D eigenvalue weighted by Gasteiger charge is -2.17. The van der Waals surface area contributed by atoms with Gasteiger partial charge in [0.25, 0.3) is 0 Å². The fourth-order valence-electron chi connectivity index (χ4n) is 1.99. The van der Waals surface area contributed by atoms with E-state index in [2.05, 4.69) is 0 Å². The molecule has 2 nitrogen and oxygen atoms in total. The smallest absolute Gasteiger partial charge is 0.416 e. The van der Waals surface area contributed by atoms with Crippen LogP contribution in [0, 0.1) is 0 Å². The zero-order chi connectivity index (χ0) is 13.9. The minimum Gasteiger partial charge on any atom is -0.469 e. The third kappa shape index (κ3) is 3.38. The van der Waals surface area contributed by atoms with E-state index in [0.29, 0.717) is 12.8 Å². The van der Waals surface area contributed by atoms with Crippen LogP contribution in [0.5, 0.6) is 0 Å². The highest BCUT2D eigenvalue weighted by atomic mass is 19.4. The van der Waals surface area contributed by atoms with Crippen LogP contribution in [0.1, 0.15) is 29.3 Å². The summed E-state index contributed by atoms with van der Waals surface area (Å²) in [6.45, 7) is 0. The van der Waals surface area contributed by atoms with E-state index in [4.69, 9.17) is 10.2 Å². The first-order valence-corrected chi connectivity index (χ1v) is 5.92. The van der Waals surface area contributed by atoms with Gasteiger partial charge in [0, 0.05) is 12.5 Å². The number of furan rings is 1. The number of nitrogens with two attached hydrogens (primary N) is 1. The Morgan fingerprint density at radius 3 is 2.47 bits per heavy atom. The number of benzene rings is 1. The van der Waals surface area contributed by atoms with Gasteiger partial charge in [0.05, 0.1) is 11.8 Å². The Labute approximate surface area is 109 Å². The maximum atomic E-state index is 12.8. The van der Waals surface area contributed by atoms with E-state index in [9.17, 15) is 13.2 Å².